The minimum absolute atomic E-state index is 0.156. The molecule has 1 aromatic rings. The number of methoxy groups -OCH3 is 1. The molecule has 0 aromatic heterocycles. The van der Waals surface area contributed by atoms with Gasteiger partial charge in [0, 0.05) is 11.3 Å². The van der Waals surface area contributed by atoms with Crippen LogP contribution in [0.3, 0.4) is 0 Å². The second-order valence-electron chi connectivity index (χ2n) is 7.39. The van der Waals surface area contributed by atoms with Crippen molar-refractivity contribution in [3.05, 3.63) is 57.4 Å². The predicted octanol–water partition coefficient (Wildman–Crippen LogP) is 4.44. The maximum absolute atomic E-state index is 14.9. The normalized spacial score (nSPS) is 19.4. The maximum atomic E-state index is 14.9. The molecule has 1 aliphatic carbocycles. The Morgan fingerprint density at radius 2 is 1.72 bits per heavy atom. The molecule has 11 heteroatoms. The molecule has 3 rings (SSSR count). The zero-order chi connectivity index (χ0) is 23.8. The van der Waals surface area contributed by atoms with Gasteiger partial charge in [-0.15, -0.1) is 0 Å². The zero-order valence-electron chi connectivity index (χ0n) is 17.0. The van der Waals surface area contributed by atoms with Crippen LogP contribution in [0.4, 0.5) is 26.3 Å². The number of benzene rings is 1. The fourth-order valence-electron chi connectivity index (χ4n) is 3.75. The molecule has 1 aromatic carbocycles. The molecule has 32 heavy (non-hydrogen) atoms. The number of rotatable bonds is 5. The Morgan fingerprint density at radius 3 is 2.22 bits per heavy atom. The lowest BCUT2D eigenvalue weighted by atomic mass is 9.78. The van der Waals surface area contributed by atoms with E-state index in [1.165, 1.54) is 6.92 Å². The zero-order valence-corrected chi connectivity index (χ0v) is 17.0. The highest BCUT2D eigenvalue weighted by molar-refractivity contribution is 6.00. The minimum Gasteiger partial charge on any atom is -0.466 e. The van der Waals surface area contributed by atoms with Gasteiger partial charge in [0.05, 0.1) is 35.4 Å². The Bertz CT molecular complexity index is 1010. The van der Waals surface area contributed by atoms with Gasteiger partial charge in [-0.1, -0.05) is 0 Å². The first-order valence-electron chi connectivity index (χ1n) is 9.62. The third-order valence-electron chi connectivity index (χ3n) is 5.44. The summed E-state index contributed by atoms with van der Waals surface area (Å²) in [6.07, 6.45) is -4.08. The molecule has 174 valence electrons. The highest BCUT2D eigenvalue weighted by Crippen LogP contribution is 2.46. The van der Waals surface area contributed by atoms with E-state index in [-0.39, 0.29) is 11.8 Å². The number of carbonyl (C=O) groups is 2. The largest absolute Gasteiger partial charge is 0.466 e. The minimum atomic E-state index is -5.39. The molecule has 1 aliphatic heterocycles. The molecule has 2 aliphatic rings. The van der Waals surface area contributed by atoms with Gasteiger partial charge in [-0.05, 0) is 38.3 Å². The lowest BCUT2D eigenvalue weighted by molar-refractivity contribution is -0.149. The molecule has 1 N–H and O–H groups in total. The molecule has 1 saturated carbocycles. The summed E-state index contributed by atoms with van der Waals surface area (Å²) in [5.74, 6) is -7.90. The number of dihydropyridines is 1. The molecular formula is C21H19F6NO4. The first-order chi connectivity index (χ1) is 15.0. The Hall–Kier alpha value is -2.98. The monoisotopic (exact) mass is 463 g/mol. The number of hydrogen-bond donors (Lipinski definition) is 1. The van der Waals surface area contributed by atoms with E-state index < -0.39 is 76.4 Å². The summed E-state index contributed by atoms with van der Waals surface area (Å²) in [5, 5.41) is 2.45. The Labute approximate surface area is 179 Å². The Balaban J connectivity index is 2.32. The van der Waals surface area contributed by atoms with E-state index in [0.717, 1.165) is 13.5 Å². The van der Waals surface area contributed by atoms with Crippen LogP contribution in [0, 0.1) is 11.6 Å². The lowest BCUT2D eigenvalue weighted by Crippen LogP contribution is -2.37. The van der Waals surface area contributed by atoms with Crippen LogP contribution in [0.1, 0.15) is 43.2 Å². The average Bonchev–Trinajstić information content (AvgIpc) is 2.69. The second-order valence-corrected chi connectivity index (χ2v) is 7.39. The average molecular weight is 463 g/mol. The van der Waals surface area contributed by atoms with Crippen LogP contribution >= 0.6 is 0 Å². The molecule has 0 bridgehead atoms. The summed E-state index contributed by atoms with van der Waals surface area (Å²) < 4.78 is 94.1. The third kappa shape index (κ3) is 4.20. The number of allylic oxidation sites excluding steroid dienone is 2. The van der Waals surface area contributed by atoms with Gasteiger partial charge >= 0.3 is 18.1 Å². The van der Waals surface area contributed by atoms with Crippen molar-refractivity contribution in [2.24, 2.45) is 0 Å². The van der Waals surface area contributed by atoms with Crippen LogP contribution in [0.2, 0.25) is 0 Å². The van der Waals surface area contributed by atoms with Crippen LogP contribution in [-0.2, 0) is 25.2 Å². The first kappa shape index (κ1) is 23.7. The summed E-state index contributed by atoms with van der Waals surface area (Å²) in [6, 6.07) is 0.722. The molecule has 1 unspecified atom stereocenters. The Morgan fingerprint density at radius 1 is 1.09 bits per heavy atom. The quantitative estimate of drug-likeness (QED) is 0.517. The van der Waals surface area contributed by atoms with Gasteiger partial charge in [0.1, 0.15) is 24.4 Å². The third-order valence-corrected chi connectivity index (χ3v) is 5.44. The number of esters is 2. The van der Waals surface area contributed by atoms with Gasteiger partial charge in [-0.3, -0.25) is 0 Å². The fourth-order valence-corrected chi connectivity index (χ4v) is 3.75. The molecule has 0 amide bonds. The van der Waals surface area contributed by atoms with Gasteiger partial charge in [0.25, 0.3) is 0 Å². The molecule has 5 nitrogen and oxygen atoms in total. The molecule has 0 radical (unpaired) electrons. The Kier molecular flexibility index (Phi) is 6.56. The van der Waals surface area contributed by atoms with E-state index in [9.17, 15) is 35.9 Å². The van der Waals surface area contributed by atoms with Crippen molar-refractivity contribution in [1.82, 2.24) is 5.32 Å². The maximum Gasteiger partial charge on any atom is 0.419 e. The summed E-state index contributed by atoms with van der Waals surface area (Å²) in [5.41, 5.74) is -5.37. The van der Waals surface area contributed by atoms with Gasteiger partial charge in [0.15, 0.2) is 0 Å². The van der Waals surface area contributed by atoms with Crippen molar-refractivity contribution in [3.8, 4) is 0 Å². The number of halogens is 6. The number of ether oxygens (including phenoxy) is 2. The van der Waals surface area contributed by atoms with Crippen LogP contribution in [0.5, 0.6) is 0 Å². The number of hydrogen-bond acceptors (Lipinski definition) is 5. The van der Waals surface area contributed by atoms with E-state index in [4.69, 9.17) is 4.74 Å². The van der Waals surface area contributed by atoms with Crippen molar-refractivity contribution >= 4 is 11.9 Å². The van der Waals surface area contributed by atoms with Crippen LogP contribution in [0.25, 0.3) is 0 Å². The van der Waals surface area contributed by atoms with E-state index in [0.29, 0.717) is 18.9 Å². The first-order valence-corrected chi connectivity index (χ1v) is 9.62. The van der Waals surface area contributed by atoms with E-state index >= 15 is 0 Å². The van der Waals surface area contributed by atoms with Crippen molar-refractivity contribution in [3.63, 3.8) is 0 Å². The second kappa shape index (κ2) is 8.87. The number of carbonyl (C=O) groups excluding carboxylic acids is 2. The number of alkyl halides is 4. The van der Waals surface area contributed by atoms with Crippen molar-refractivity contribution < 1.29 is 45.4 Å². The van der Waals surface area contributed by atoms with Gasteiger partial charge in [-0.25, -0.2) is 22.8 Å². The molecule has 0 saturated heterocycles. The predicted molar refractivity (Wildman–Crippen MR) is 98.7 cm³/mol. The number of nitrogens with one attached hydrogen (secondary N) is 1. The van der Waals surface area contributed by atoms with Crippen molar-refractivity contribution in [2.75, 3.05) is 13.8 Å². The molecule has 1 fully saturated rings. The summed E-state index contributed by atoms with van der Waals surface area (Å²) >= 11 is 0. The van der Waals surface area contributed by atoms with Crippen molar-refractivity contribution in [1.29, 1.82) is 0 Å². The van der Waals surface area contributed by atoms with E-state index in [2.05, 4.69) is 10.1 Å². The van der Waals surface area contributed by atoms with Gasteiger partial charge < -0.3 is 14.8 Å². The highest BCUT2D eigenvalue weighted by atomic mass is 19.4. The summed E-state index contributed by atoms with van der Waals surface area (Å²) in [7, 11) is 0.881. The lowest BCUT2D eigenvalue weighted by Gasteiger charge is -2.33. The van der Waals surface area contributed by atoms with E-state index in [1.807, 2.05) is 0 Å². The topological polar surface area (TPSA) is 64.6 Å². The highest BCUT2D eigenvalue weighted by Gasteiger charge is 2.47. The summed E-state index contributed by atoms with van der Waals surface area (Å²) in [4.78, 5) is 25.4. The van der Waals surface area contributed by atoms with Crippen LogP contribution < -0.4 is 5.32 Å². The fraction of sp³-hybridized carbons (Fsp3) is 0.429. The van der Waals surface area contributed by atoms with E-state index in [1.54, 1.807) is 0 Å². The van der Waals surface area contributed by atoms with Gasteiger partial charge in [-0.2, -0.15) is 13.2 Å². The molecule has 1 heterocycles. The standard InChI is InChI=1S/C21H19F6NO4/c1-9-14(20(30)32-10-4-3-5-10)17(16(19(29)31-2)13(8-22)28-9)15-11(23)6-7-12(24)18(15)21(25,26)27/h6-7,10,17,28H,3-5,8H2,1-2H3. The van der Waals surface area contributed by atoms with Crippen molar-refractivity contribution in [2.45, 2.75) is 44.4 Å². The SMILES string of the molecule is COC(=O)C1=C(CF)NC(C)=C(C(=O)OC2CCC2)C1c1c(F)ccc(F)c1C(F)(F)F. The molecule has 0 spiro atoms. The molecule has 1 atom stereocenters. The summed E-state index contributed by atoms with van der Waals surface area (Å²) in [6.45, 7) is -0.139. The molecular weight excluding hydrogens is 444 g/mol. The smallest absolute Gasteiger partial charge is 0.419 e. The van der Waals surface area contributed by atoms with Gasteiger partial charge in [0.2, 0.25) is 0 Å². The van der Waals surface area contributed by atoms with Crippen LogP contribution in [0.15, 0.2) is 34.7 Å². The van der Waals surface area contributed by atoms with Crippen LogP contribution in [-0.4, -0.2) is 31.8 Å².